The Labute approximate surface area is 209 Å². The molecule has 3 aromatic rings. The van der Waals surface area contributed by atoms with E-state index in [0.29, 0.717) is 21.9 Å². The van der Waals surface area contributed by atoms with Gasteiger partial charge in [-0.15, -0.1) is 0 Å². The van der Waals surface area contributed by atoms with E-state index < -0.39 is 33.9 Å². The maximum absolute atomic E-state index is 13.4. The molecule has 1 aromatic heterocycles. The number of benzene rings is 2. The minimum absolute atomic E-state index is 0.0204. The molecular weight excluding hydrogens is 493 g/mol. The van der Waals surface area contributed by atoms with Crippen molar-refractivity contribution in [3.63, 3.8) is 0 Å². The van der Waals surface area contributed by atoms with Gasteiger partial charge < -0.3 is 14.6 Å². The lowest BCUT2D eigenvalue weighted by molar-refractivity contribution is -0.137. The van der Waals surface area contributed by atoms with Gasteiger partial charge in [-0.25, -0.2) is 0 Å². The molecule has 1 heterocycles. The van der Waals surface area contributed by atoms with E-state index in [-0.39, 0.29) is 29.3 Å². The van der Waals surface area contributed by atoms with Gasteiger partial charge in [0.2, 0.25) is 5.43 Å². The minimum atomic E-state index is -4.57. The molecule has 2 aromatic carbocycles. The largest absolute Gasteiger partial charge is 0.496 e. The molecule has 1 amide bonds. The van der Waals surface area contributed by atoms with E-state index in [1.165, 1.54) is 31.7 Å². The second-order valence-electron chi connectivity index (χ2n) is 8.52. The highest BCUT2D eigenvalue weighted by Crippen LogP contribution is 2.32. The molecule has 192 valence electrons. The molecule has 36 heavy (non-hydrogen) atoms. The summed E-state index contributed by atoms with van der Waals surface area (Å²) >= 11 is 0. The average molecular weight is 521 g/mol. The Morgan fingerprint density at radius 3 is 2.44 bits per heavy atom. The molecule has 1 N–H and O–H groups in total. The van der Waals surface area contributed by atoms with Crippen LogP contribution in [0.3, 0.4) is 0 Å². The number of carbonyl (C=O) groups is 1. The summed E-state index contributed by atoms with van der Waals surface area (Å²) in [4.78, 5) is 27.1. The molecule has 6 nitrogen and oxygen atoms in total. The molecule has 0 fully saturated rings. The van der Waals surface area contributed by atoms with Crippen LogP contribution in [0.5, 0.6) is 5.75 Å². The first kappa shape index (κ1) is 27.2. The lowest BCUT2D eigenvalue weighted by atomic mass is 9.98. The van der Waals surface area contributed by atoms with Crippen molar-refractivity contribution >= 4 is 16.7 Å². The molecule has 0 saturated carbocycles. The first-order valence-corrected chi connectivity index (χ1v) is 12.6. The number of nitrogens with zero attached hydrogens (tertiary/aromatic N) is 1. The Bertz CT molecular complexity index is 1380. The van der Waals surface area contributed by atoms with Crippen LogP contribution in [0.4, 0.5) is 13.2 Å². The molecule has 0 aliphatic heterocycles. The first-order chi connectivity index (χ1) is 16.8. The molecule has 0 aliphatic carbocycles. The predicted molar refractivity (Wildman–Crippen MR) is 133 cm³/mol. The number of nitrogens with one attached hydrogen (secondary N) is 1. The fraction of sp³-hybridized carbons (Fsp3) is 0.308. The van der Waals surface area contributed by atoms with E-state index in [2.05, 4.69) is 5.32 Å². The van der Waals surface area contributed by atoms with E-state index in [1.54, 1.807) is 29.7 Å². The highest BCUT2D eigenvalue weighted by molar-refractivity contribution is 7.84. The minimum Gasteiger partial charge on any atom is -0.496 e. The molecule has 0 bridgehead atoms. The van der Waals surface area contributed by atoms with Crippen LogP contribution >= 0.6 is 0 Å². The number of pyridine rings is 1. The van der Waals surface area contributed by atoms with Gasteiger partial charge in [-0.3, -0.25) is 13.8 Å². The Balaban J connectivity index is 2.04. The van der Waals surface area contributed by atoms with E-state index in [0.717, 1.165) is 12.1 Å². The SMILES string of the molecule is COc1cc(S(C)=O)ccc1CNC(=O)c1cn(C(C)C)c(C)c(-c2cccc(C(F)(F)F)c2)c1=O. The standard InChI is InChI=1S/C26H27F3N2O4S/c1-15(2)31-14-21(25(33)30-13-18-9-10-20(36(5)34)12-22(18)35-4)24(32)23(16(31)3)17-7-6-8-19(11-17)26(27,28)29/h6-12,14-15H,13H2,1-5H3,(H,30,33). The fourth-order valence-corrected chi connectivity index (χ4v) is 4.46. The number of rotatable bonds is 7. The van der Waals surface area contributed by atoms with Crippen molar-refractivity contribution in [1.29, 1.82) is 0 Å². The number of aromatic nitrogens is 1. The van der Waals surface area contributed by atoms with Crippen molar-refractivity contribution in [3.05, 3.63) is 81.3 Å². The summed E-state index contributed by atoms with van der Waals surface area (Å²) < 4.78 is 58.7. The van der Waals surface area contributed by atoms with Crippen molar-refractivity contribution in [2.24, 2.45) is 0 Å². The van der Waals surface area contributed by atoms with Gasteiger partial charge >= 0.3 is 6.18 Å². The third-order valence-corrected chi connectivity index (χ3v) is 6.72. The number of alkyl halides is 3. The van der Waals surface area contributed by atoms with E-state index in [1.807, 2.05) is 13.8 Å². The second-order valence-corrected chi connectivity index (χ2v) is 9.90. The summed E-state index contributed by atoms with van der Waals surface area (Å²) in [5, 5.41) is 2.69. The van der Waals surface area contributed by atoms with Crippen LogP contribution in [0.2, 0.25) is 0 Å². The molecule has 0 radical (unpaired) electrons. The lowest BCUT2D eigenvalue weighted by Crippen LogP contribution is -2.31. The number of hydrogen-bond donors (Lipinski definition) is 1. The molecule has 0 saturated heterocycles. The molecule has 0 aliphatic rings. The first-order valence-electron chi connectivity index (χ1n) is 11.1. The Morgan fingerprint density at radius 2 is 1.86 bits per heavy atom. The summed E-state index contributed by atoms with van der Waals surface area (Å²) in [5.41, 5.74) is -0.550. The number of amides is 1. The molecule has 0 spiro atoms. The average Bonchev–Trinajstić information content (AvgIpc) is 2.82. The highest BCUT2D eigenvalue weighted by Gasteiger charge is 2.31. The molecular formula is C26H27F3N2O4S. The number of methoxy groups -OCH3 is 1. The molecule has 1 unspecified atom stereocenters. The zero-order chi connectivity index (χ0) is 26.8. The van der Waals surface area contributed by atoms with Gasteiger partial charge in [0.05, 0.1) is 12.7 Å². The summed E-state index contributed by atoms with van der Waals surface area (Å²) in [5.74, 6) is -0.246. The van der Waals surface area contributed by atoms with Gasteiger partial charge in [0.1, 0.15) is 11.3 Å². The van der Waals surface area contributed by atoms with E-state index in [4.69, 9.17) is 4.74 Å². The topological polar surface area (TPSA) is 77.4 Å². The number of halogens is 3. The van der Waals surface area contributed by atoms with Crippen LogP contribution in [-0.2, 0) is 23.5 Å². The van der Waals surface area contributed by atoms with Gasteiger partial charge in [-0.1, -0.05) is 18.2 Å². The Morgan fingerprint density at radius 1 is 1.17 bits per heavy atom. The highest BCUT2D eigenvalue weighted by atomic mass is 32.2. The van der Waals surface area contributed by atoms with Crippen LogP contribution in [0, 0.1) is 6.92 Å². The van der Waals surface area contributed by atoms with Gasteiger partial charge in [0.15, 0.2) is 0 Å². The summed E-state index contributed by atoms with van der Waals surface area (Å²) in [6.45, 7) is 5.35. The summed E-state index contributed by atoms with van der Waals surface area (Å²) in [6, 6.07) is 9.29. The maximum atomic E-state index is 13.4. The van der Waals surface area contributed by atoms with Crippen molar-refractivity contribution in [3.8, 4) is 16.9 Å². The van der Waals surface area contributed by atoms with Crippen molar-refractivity contribution < 1.29 is 26.9 Å². The van der Waals surface area contributed by atoms with Gasteiger partial charge in [-0.2, -0.15) is 13.2 Å². The lowest BCUT2D eigenvalue weighted by Gasteiger charge is -2.20. The Hall–Kier alpha value is -3.40. The van der Waals surface area contributed by atoms with Gasteiger partial charge in [0.25, 0.3) is 5.91 Å². The van der Waals surface area contributed by atoms with E-state index >= 15 is 0 Å². The third-order valence-electron chi connectivity index (χ3n) is 5.80. The number of hydrogen-bond acceptors (Lipinski definition) is 4. The maximum Gasteiger partial charge on any atom is 0.416 e. The van der Waals surface area contributed by atoms with Crippen molar-refractivity contribution in [2.75, 3.05) is 13.4 Å². The second kappa shape index (κ2) is 10.7. The molecule has 10 heteroatoms. The fourth-order valence-electron chi connectivity index (χ4n) is 3.93. The zero-order valence-electron chi connectivity index (χ0n) is 20.5. The van der Waals surface area contributed by atoms with Crippen LogP contribution in [0.15, 0.2) is 58.4 Å². The molecule has 3 rings (SSSR count). The van der Waals surface area contributed by atoms with Crippen molar-refractivity contribution in [2.45, 2.75) is 44.4 Å². The van der Waals surface area contributed by atoms with E-state index in [9.17, 15) is 27.0 Å². The normalized spacial score (nSPS) is 12.5. The van der Waals surface area contributed by atoms with Gasteiger partial charge in [-0.05, 0) is 50.6 Å². The third kappa shape index (κ3) is 5.70. The number of ether oxygens (including phenoxy) is 1. The quantitative estimate of drug-likeness (QED) is 0.470. The summed E-state index contributed by atoms with van der Waals surface area (Å²) in [6.07, 6.45) is -1.61. The van der Waals surface area contributed by atoms with Crippen LogP contribution in [0.1, 0.15) is 47.1 Å². The predicted octanol–water partition coefficient (Wildman–Crippen LogP) is 5.10. The van der Waals surface area contributed by atoms with Crippen LogP contribution in [0.25, 0.3) is 11.1 Å². The van der Waals surface area contributed by atoms with Crippen molar-refractivity contribution in [1.82, 2.24) is 9.88 Å². The van der Waals surface area contributed by atoms with Gasteiger partial charge in [0, 0.05) is 57.6 Å². The smallest absolute Gasteiger partial charge is 0.416 e. The zero-order valence-corrected chi connectivity index (χ0v) is 21.3. The molecule has 1 atom stereocenters. The summed E-state index contributed by atoms with van der Waals surface area (Å²) in [7, 11) is 0.236. The van der Waals surface area contributed by atoms with Crippen LogP contribution in [-0.4, -0.2) is 28.0 Å². The van der Waals surface area contributed by atoms with Crippen LogP contribution < -0.4 is 15.5 Å². The number of carbonyl (C=O) groups excluding carboxylic acids is 1. The monoisotopic (exact) mass is 520 g/mol. The Kier molecular flexibility index (Phi) is 8.08.